The van der Waals surface area contributed by atoms with Crippen LogP contribution in [0.15, 0.2) is 24.3 Å². The third-order valence-electron chi connectivity index (χ3n) is 3.28. The molecule has 1 aliphatic heterocycles. The number of likely N-dealkylation sites (tertiary alicyclic amines) is 1. The molecule has 0 aliphatic carbocycles. The number of alkyl halides is 3. The van der Waals surface area contributed by atoms with Gasteiger partial charge in [-0.15, -0.1) is 13.2 Å². The Balaban J connectivity index is 2.00. The fraction of sp³-hybridized carbons (Fsp3) is 0.538. The molecule has 0 spiro atoms. The first-order valence-electron chi connectivity index (χ1n) is 6.16. The van der Waals surface area contributed by atoms with Gasteiger partial charge in [-0.05, 0) is 23.6 Å². The number of ether oxygens (including phenoxy) is 1. The van der Waals surface area contributed by atoms with Crippen molar-refractivity contribution in [3.05, 3.63) is 29.8 Å². The molecule has 1 heterocycles. The third kappa shape index (κ3) is 4.11. The number of hydrogen-bond donors (Lipinski definition) is 1. The Labute approximate surface area is 110 Å². The largest absolute Gasteiger partial charge is 0.573 e. The van der Waals surface area contributed by atoms with Crippen molar-refractivity contribution in [3.63, 3.8) is 0 Å². The molecule has 1 aromatic rings. The quantitative estimate of drug-likeness (QED) is 0.919. The van der Waals surface area contributed by atoms with E-state index >= 15 is 0 Å². The monoisotopic (exact) mass is 274 g/mol. The van der Waals surface area contributed by atoms with Gasteiger partial charge in [0.2, 0.25) is 0 Å². The van der Waals surface area contributed by atoms with Crippen LogP contribution in [-0.2, 0) is 6.54 Å². The molecule has 0 aromatic heterocycles. The summed E-state index contributed by atoms with van der Waals surface area (Å²) in [5.74, 6) is 0.233. The van der Waals surface area contributed by atoms with Gasteiger partial charge in [-0.1, -0.05) is 19.1 Å². The van der Waals surface area contributed by atoms with Gasteiger partial charge in [0.05, 0.1) is 0 Å². The number of hydrogen-bond acceptors (Lipinski definition) is 3. The first-order valence-corrected chi connectivity index (χ1v) is 6.16. The maximum Gasteiger partial charge on any atom is 0.573 e. The molecular weight excluding hydrogens is 257 g/mol. The zero-order chi connectivity index (χ0) is 14.0. The van der Waals surface area contributed by atoms with E-state index in [9.17, 15) is 13.2 Å². The minimum absolute atomic E-state index is 0.134. The molecule has 2 N–H and O–H groups in total. The number of benzene rings is 1. The molecule has 2 rings (SSSR count). The van der Waals surface area contributed by atoms with Crippen LogP contribution in [0.2, 0.25) is 0 Å². The molecule has 0 radical (unpaired) electrons. The Kier molecular flexibility index (Phi) is 4.01. The Hall–Kier alpha value is -1.27. The minimum atomic E-state index is -4.65. The minimum Gasteiger partial charge on any atom is -0.406 e. The van der Waals surface area contributed by atoms with Crippen LogP contribution in [0.5, 0.6) is 5.75 Å². The highest BCUT2D eigenvalue weighted by atomic mass is 19.4. The zero-order valence-corrected chi connectivity index (χ0v) is 10.7. The lowest BCUT2D eigenvalue weighted by Crippen LogP contribution is -2.28. The summed E-state index contributed by atoms with van der Waals surface area (Å²) in [5.41, 5.74) is 6.71. The van der Waals surface area contributed by atoms with Gasteiger partial charge in [-0.2, -0.15) is 0 Å². The van der Waals surface area contributed by atoms with Crippen LogP contribution < -0.4 is 10.5 Å². The van der Waals surface area contributed by atoms with Crippen molar-refractivity contribution in [1.82, 2.24) is 4.90 Å². The second kappa shape index (κ2) is 5.38. The lowest BCUT2D eigenvalue weighted by atomic mass is 10.1. The predicted octanol–water partition coefficient (Wildman–Crippen LogP) is 2.36. The van der Waals surface area contributed by atoms with Gasteiger partial charge in [0.25, 0.3) is 0 Å². The molecule has 3 nitrogen and oxygen atoms in total. The molecule has 1 saturated heterocycles. The van der Waals surface area contributed by atoms with E-state index < -0.39 is 6.36 Å². The molecule has 0 amide bonds. The van der Waals surface area contributed by atoms with E-state index in [4.69, 9.17) is 5.73 Å². The average Bonchev–Trinajstić information content (AvgIpc) is 2.55. The van der Waals surface area contributed by atoms with Gasteiger partial charge in [0.1, 0.15) is 5.75 Å². The SMILES string of the molecule is CC1CN(Cc2cccc(OC(F)(F)F)c2)CC1N. The lowest BCUT2D eigenvalue weighted by Gasteiger charge is -2.16. The van der Waals surface area contributed by atoms with Crippen LogP contribution in [-0.4, -0.2) is 30.4 Å². The van der Waals surface area contributed by atoms with Crippen LogP contribution in [0.25, 0.3) is 0 Å². The van der Waals surface area contributed by atoms with Crippen LogP contribution in [0.4, 0.5) is 13.2 Å². The van der Waals surface area contributed by atoms with Crippen LogP contribution >= 0.6 is 0 Å². The molecule has 19 heavy (non-hydrogen) atoms. The summed E-state index contributed by atoms with van der Waals surface area (Å²) in [7, 11) is 0. The summed E-state index contributed by atoms with van der Waals surface area (Å²) in [5, 5.41) is 0. The first-order chi connectivity index (χ1) is 8.83. The lowest BCUT2D eigenvalue weighted by molar-refractivity contribution is -0.274. The van der Waals surface area contributed by atoms with Crippen molar-refractivity contribution in [2.75, 3.05) is 13.1 Å². The molecule has 1 fully saturated rings. The van der Waals surface area contributed by atoms with Crippen molar-refractivity contribution >= 4 is 0 Å². The summed E-state index contributed by atoms with van der Waals surface area (Å²) < 4.78 is 40.3. The highest BCUT2D eigenvalue weighted by Crippen LogP contribution is 2.24. The molecule has 0 saturated carbocycles. The Morgan fingerprint density at radius 3 is 2.68 bits per heavy atom. The average molecular weight is 274 g/mol. The Morgan fingerprint density at radius 2 is 2.11 bits per heavy atom. The first kappa shape index (κ1) is 14.1. The second-order valence-electron chi connectivity index (χ2n) is 5.03. The molecular formula is C13H17F3N2O. The van der Waals surface area contributed by atoms with Crippen molar-refractivity contribution < 1.29 is 17.9 Å². The van der Waals surface area contributed by atoms with Crippen molar-refractivity contribution in [2.24, 2.45) is 11.7 Å². The van der Waals surface area contributed by atoms with Crippen LogP contribution in [0.1, 0.15) is 12.5 Å². The van der Waals surface area contributed by atoms with E-state index in [0.717, 1.165) is 18.7 Å². The smallest absolute Gasteiger partial charge is 0.406 e. The maximum absolute atomic E-state index is 12.1. The van der Waals surface area contributed by atoms with Crippen molar-refractivity contribution in [1.29, 1.82) is 0 Å². The van der Waals surface area contributed by atoms with Crippen LogP contribution in [0, 0.1) is 5.92 Å². The molecule has 0 bridgehead atoms. The molecule has 6 heteroatoms. The standard InChI is InChI=1S/C13H17F3N2O/c1-9-6-18(8-12(9)17)7-10-3-2-4-11(5-10)19-13(14,15)16/h2-5,9,12H,6-8,17H2,1H3. The van der Waals surface area contributed by atoms with Gasteiger partial charge in [-0.25, -0.2) is 0 Å². The number of rotatable bonds is 3. The summed E-state index contributed by atoms with van der Waals surface area (Å²) >= 11 is 0. The Morgan fingerprint density at radius 1 is 1.37 bits per heavy atom. The van der Waals surface area contributed by atoms with E-state index in [1.165, 1.54) is 12.1 Å². The maximum atomic E-state index is 12.1. The number of nitrogens with zero attached hydrogens (tertiary/aromatic N) is 1. The van der Waals surface area contributed by atoms with Gasteiger partial charge in [-0.3, -0.25) is 4.90 Å². The van der Waals surface area contributed by atoms with Gasteiger partial charge in [0, 0.05) is 25.7 Å². The molecule has 106 valence electrons. The summed E-state index contributed by atoms with van der Waals surface area (Å²) in [6.45, 7) is 4.30. The van der Waals surface area contributed by atoms with Gasteiger partial charge >= 0.3 is 6.36 Å². The number of halogens is 3. The number of nitrogens with two attached hydrogens (primary N) is 1. The Bertz CT molecular complexity index is 426. The van der Waals surface area contributed by atoms with Gasteiger partial charge < -0.3 is 10.5 Å². The van der Waals surface area contributed by atoms with Gasteiger partial charge in [0.15, 0.2) is 0 Å². The molecule has 2 unspecified atom stereocenters. The highest BCUT2D eigenvalue weighted by molar-refractivity contribution is 5.28. The fourth-order valence-corrected chi connectivity index (χ4v) is 2.32. The van der Waals surface area contributed by atoms with Crippen molar-refractivity contribution in [3.8, 4) is 5.75 Å². The van der Waals surface area contributed by atoms with E-state index in [1.807, 2.05) is 0 Å². The summed E-state index contributed by atoms with van der Waals surface area (Å²) in [6.07, 6.45) is -4.65. The van der Waals surface area contributed by atoms with E-state index in [-0.39, 0.29) is 11.8 Å². The fourth-order valence-electron chi connectivity index (χ4n) is 2.32. The third-order valence-corrected chi connectivity index (χ3v) is 3.28. The summed E-state index contributed by atoms with van der Waals surface area (Å²) in [4.78, 5) is 2.14. The second-order valence-corrected chi connectivity index (χ2v) is 5.03. The van der Waals surface area contributed by atoms with Crippen molar-refractivity contribution in [2.45, 2.75) is 25.9 Å². The highest BCUT2D eigenvalue weighted by Gasteiger charge is 2.31. The molecule has 1 aliphatic rings. The zero-order valence-electron chi connectivity index (χ0n) is 10.7. The molecule has 1 aromatic carbocycles. The normalized spacial score (nSPS) is 24.7. The molecule has 2 atom stereocenters. The predicted molar refractivity (Wildman–Crippen MR) is 65.5 cm³/mol. The topological polar surface area (TPSA) is 38.5 Å². The van der Waals surface area contributed by atoms with E-state index in [0.29, 0.717) is 12.5 Å². The van der Waals surface area contributed by atoms with E-state index in [2.05, 4.69) is 16.6 Å². The van der Waals surface area contributed by atoms with Crippen LogP contribution in [0.3, 0.4) is 0 Å². The summed E-state index contributed by atoms with van der Waals surface area (Å²) in [6, 6.07) is 6.21. The van der Waals surface area contributed by atoms with E-state index in [1.54, 1.807) is 12.1 Å².